The second kappa shape index (κ2) is 9.18. The van der Waals surface area contributed by atoms with Crippen LogP contribution in [0, 0.1) is 25.7 Å². The second-order valence-corrected chi connectivity index (χ2v) is 10.4. The van der Waals surface area contributed by atoms with Gasteiger partial charge in [-0.25, -0.2) is 4.98 Å². The first-order chi connectivity index (χ1) is 16.4. The summed E-state index contributed by atoms with van der Waals surface area (Å²) < 4.78 is 1.06. The predicted octanol–water partition coefficient (Wildman–Crippen LogP) is 4.14. The highest BCUT2D eigenvalue weighted by Gasteiger charge is 2.38. The molecule has 0 saturated carbocycles. The van der Waals surface area contributed by atoms with Gasteiger partial charge in [-0.1, -0.05) is 35.1 Å². The third-order valence-electron chi connectivity index (χ3n) is 6.77. The van der Waals surface area contributed by atoms with E-state index in [1.54, 1.807) is 4.90 Å². The van der Waals surface area contributed by atoms with E-state index in [-0.39, 0.29) is 36.0 Å². The number of nitrogens with zero attached hydrogens (tertiary/aromatic N) is 3. The highest BCUT2D eigenvalue weighted by molar-refractivity contribution is 7.22. The molecule has 176 valence electrons. The van der Waals surface area contributed by atoms with Crippen LogP contribution in [0.1, 0.15) is 30.4 Å². The van der Waals surface area contributed by atoms with E-state index in [4.69, 9.17) is 0 Å². The largest absolute Gasteiger partial charge is 0.342 e. The number of hydrogen-bond acceptors (Lipinski definition) is 5. The van der Waals surface area contributed by atoms with Crippen molar-refractivity contribution < 1.29 is 14.4 Å². The number of hydrogen-bond donors (Lipinski definition) is 1. The van der Waals surface area contributed by atoms with Gasteiger partial charge in [0, 0.05) is 37.7 Å². The number of piperidine rings is 1. The van der Waals surface area contributed by atoms with Crippen LogP contribution in [0.4, 0.5) is 10.8 Å². The van der Waals surface area contributed by atoms with Crippen LogP contribution in [0.3, 0.4) is 0 Å². The first kappa shape index (κ1) is 22.5. The summed E-state index contributed by atoms with van der Waals surface area (Å²) in [5.41, 5.74) is 4.02. The van der Waals surface area contributed by atoms with Gasteiger partial charge in [-0.2, -0.15) is 0 Å². The van der Waals surface area contributed by atoms with Gasteiger partial charge in [-0.05, 0) is 56.5 Å². The highest BCUT2D eigenvalue weighted by Crippen LogP contribution is 2.30. The molecule has 3 aromatic rings. The Morgan fingerprint density at radius 2 is 1.71 bits per heavy atom. The molecule has 0 bridgehead atoms. The van der Waals surface area contributed by atoms with Gasteiger partial charge in [0.25, 0.3) is 0 Å². The molecule has 34 heavy (non-hydrogen) atoms. The average molecular weight is 477 g/mol. The zero-order valence-electron chi connectivity index (χ0n) is 19.4. The molecule has 8 heteroatoms. The van der Waals surface area contributed by atoms with E-state index in [0.29, 0.717) is 37.6 Å². The van der Waals surface area contributed by atoms with Crippen molar-refractivity contribution >= 4 is 50.1 Å². The fourth-order valence-corrected chi connectivity index (χ4v) is 5.73. The van der Waals surface area contributed by atoms with Crippen molar-refractivity contribution in [2.24, 2.45) is 11.8 Å². The van der Waals surface area contributed by atoms with Crippen LogP contribution < -0.4 is 10.2 Å². The Morgan fingerprint density at radius 1 is 1.00 bits per heavy atom. The third-order valence-corrected chi connectivity index (χ3v) is 7.71. The summed E-state index contributed by atoms with van der Waals surface area (Å²) in [6.07, 6.45) is 1.47. The van der Waals surface area contributed by atoms with Crippen molar-refractivity contribution in [2.75, 3.05) is 29.9 Å². The summed E-state index contributed by atoms with van der Waals surface area (Å²) in [5.74, 6) is -0.507. The molecular formula is C26H28N4O3S. The van der Waals surface area contributed by atoms with Crippen LogP contribution in [-0.2, 0) is 14.4 Å². The highest BCUT2D eigenvalue weighted by atomic mass is 32.1. The van der Waals surface area contributed by atoms with E-state index < -0.39 is 0 Å². The Kier molecular flexibility index (Phi) is 6.08. The van der Waals surface area contributed by atoms with Gasteiger partial charge in [-0.15, -0.1) is 0 Å². The van der Waals surface area contributed by atoms with Crippen LogP contribution in [-0.4, -0.2) is 47.2 Å². The number of carbonyl (C=O) groups is 3. The number of amides is 3. The summed E-state index contributed by atoms with van der Waals surface area (Å²) in [7, 11) is 0. The third kappa shape index (κ3) is 4.55. The average Bonchev–Trinajstić information content (AvgIpc) is 3.41. The first-order valence-electron chi connectivity index (χ1n) is 11.7. The van der Waals surface area contributed by atoms with E-state index in [1.165, 1.54) is 11.3 Å². The number of rotatable bonds is 4. The maximum absolute atomic E-state index is 13.1. The summed E-state index contributed by atoms with van der Waals surface area (Å²) in [4.78, 5) is 46.5. The number of aromatic nitrogens is 1. The fraction of sp³-hybridized carbons (Fsp3) is 0.385. The lowest BCUT2D eigenvalue weighted by Crippen LogP contribution is -2.44. The molecule has 0 spiro atoms. The van der Waals surface area contributed by atoms with E-state index in [1.807, 2.05) is 55.1 Å². The minimum atomic E-state index is -0.328. The molecule has 0 radical (unpaired) electrons. The van der Waals surface area contributed by atoms with Crippen molar-refractivity contribution in [3.63, 3.8) is 0 Å². The maximum atomic E-state index is 13.1. The number of aryl methyl sites for hydroxylation is 2. The Bertz CT molecular complexity index is 1240. The molecular weight excluding hydrogens is 448 g/mol. The van der Waals surface area contributed by atoms with Crippen molar-refractivity contribution in [2.45, 2.75) is 33.1 Å². The van der Waals surface area contributed by atoms with E-state index in [9.17, 15) is 14.4 Å². The molecule has 7 nitrogen and oxygen atoms in total. The summed E-state index contributed by atoms with van der Waals surface area (Å²) in [6.45, 7) is 5.52. The molecule has 1 N–H and O–H groups in total. The van der Waals surface area contributed by atoms with Crippen LogP contribution >= 0.6 is 11.3 Å². The predicted molar refractivity (Wildman–Crippen MR) is 134 cm³/mol. The number of fused-ring (bicyclic) bond motifs is 1. The minimum Gasteiger partial charge on any atom is -0.342 e. The lowest BCUT2D eigenvalue weighted by Gasteiger charge is -2.32. The van der Waals surface area contributed by atoms with Gasteiger partial charge in [0.1, 0.15) is 0 Å². The number of nitrogens with one attached hydrogen (secondary N) is 1. The van der Waals surface area contributed by atoms with Crippen LogP contribution in [0.2, 0.25) is 0 Å². The Labute approximate surface area is 202 Å². The normalized spacial score (nSPS) is 19.1. The SMILES string of the molecule is Cc1ccc(N2C[C@H](C(=O)N3CCC(C(=O)Nc4nc5ccc(C)cc5s4)CC3)CC2=O)cc1. The monoisotopic (exact) mass is 476 g/mol. The summed E-state index contributed by atoms with van der Waals surface area (Å²) >= 11 is 1.48. The van der Waals surface area contributed by atoms with Gasteiger partial charge < -0.3 is 15.1 Å². The molecule has 0 unspecified atom stereocenters. The summed E-state index contributed by atoms with van der Waals surface area (Å²) in [6, 6.07) is 13.9. The Morgan fingerprint density at radius 3 is 2.44 bits per heavy atom. The van der Waals surface area contributed by atoms with Gasteiger partial charge in [0.05, 0.1) is 16.1 Å². The molecule has 3 amide bonds. The van der Waals surface area contributed by atoms with Crippen molar-refractivity contribution in [1.82, 2.24) is 9.88 Å². The number of thiazole rings is 1. The molecule has 0 aliphatic carbocycles. The molecule has 5 rings (SSSR count). The number of carbonyl (C=O) groups excluding carboxylic acids is 3. The second-order valence-electron chi connectivity index (χ2n) is 9.32. The fourth-order valence-electron chi connectivity index (χ4n) is 4.76. The molecule has 2 fully saturated rings. The lowest BCUT2D eigenvalue weighted by molar-refractivity contribution is -0.138. The molecule has 2 aromatic carbocycles. The standard InChI is InChI=1S/C26H28N4O3S/c1-16-3-6-20(7-4-16)30-15-19(14-23(30)31)25(33)29-11-9-18(10-12-29)24(32)28-26-27-21-8-5-17(2)13-22(21)34-26/h3-8,13,18-19H,9-12,14-15H2,1-2H3,(H,27,28,32)/t19-/m1/s1. The van der Waals surface area contributed by atoms with Crippen molar-refractivity contribution in [3.05, 3.63) is 53.6 Å². The van der Waals surface area contributed by atoms with E-state index in [0.717, 1.165) is 27.0 Å². The molecule has 3 heterocycles. The Hall–Kier alpha value is -3.26. The van der Waals surface area contributed by atoms with Crippen LogP contribution in [0.5, 0.6) is 0 Å². The smallest absolute Gasteiger partial charge is 0.229 e. The van der Waals surface area contributed by atoms with Gasteiger partial charge in [0.2, 0.25) is 17.7 Å². The topological polar surface area (TPSA) is 82.6 Å². The lowest BCUT2D eigenvalue weighted by atomic mass is 9.94. The minimum absolute atomic E-state index is 0.0116. The molecule has 2 aliphatic heterocycles. The van der Waals surface area contributed by atoms with E-state index >= 15 is 0 Å². The van der Waals surface area contributed by atoms with Crippen molar-refractivity contribution in [3.8, 4) is 0 Å². The zero-order valence-corrected chi connectivity index (χ0v) is 20.2. The number of likely N-dealkylation sites (tertiary alicyclic amines) is 1. The van der Waals surface area contributed by atoms with E-state index in [2.05, 4.69) is 16.4 Å². The van der Waals surface area contributed by atoms with Crippen LogP contribution in [0.15, 0.2) is 42.5 Å². The van der Waals surface area contributed by atoms with Crippen LogP contribution in [0.25, 0.3) is 10.2 Å². The maximum Gasteiger partial charge on any atom is 0.229 e. The molecule has 2 saturated heterocycles. The van der Waals surface area contributed by atoms with Gasteiger partial charge in [-0.3, -0.25) is 14.4 Å². The first-order valence-corrected chi connectivity index (χ1v) is 12.5. The van der Waals surface area contributed by atoms with Gasteiger partial charge >= 0.3 is 0 Å². The molecule has 2 aliphatic rings. The number of benzene rings is 2. The Balaban J connectivity index is 1.15. The number of anilines is 2. The summed E-state index contributed by atoms with van der Waals surface area (Å²) in [5, 5.41) is 3.58. The quantitative estimate of drug-likeness (QED) is 0.614. The molecule has 1 atom stereocenters. The molecule has 1 aromatic heterocycles. The van der Waals surface area contributed by atoms with Crippen molar-refractivity contribution in [1.29, 1.82) is 0 Å². The van der Waals surface area contributed by atoms with Gasteiger partial charge in [0.15, 0.2) is 5.13 Å². The zero-order chi connectivity index (χ0) is 23.8.